The number of hydrogen-bond donors (Lipinski definition) is 6. The van der Waals surface area contributed by atoms with E-state index >= 15 is 0 Å². The molecule has 4 atom stereocenters. The van der Waals surface area contributed by atoms with Crippen molar-refractivity contribution in [2.45, 2.75) is 23.4 Å². The molecule has 0 bridgehead atoms. The molecule has 0 unspecified atom stereocenters. The molecule has 0 aliphatic heterocycles. The number of hydrogen-bond acceptors (Lipinski definition) is 6. The van der Waals surface area contributed by atoms with Crippen LogP contribution in [0.5, 0.6) is 0 Å². The number of aliphatic hydroxyl groups excluding tert-OH is 5. The Bertz CT molecular complexity index is 447. The van der Waals surface area contributed by atoms with Gasteiger partial charge in [-0.3, -0.25) is 0 Å². The number of aliphatic hydroxyl groups is 6. The van der Waals surface area contributed by atoms with E-state index in [9.17, 15) is 25.5 Å². The van der Waals surface area contributed by atoms with Crippen molar-refractivity contribution in [1.82, 2.24) is 0 Å². The molecule has 0 aromatic heterocycles. The van der Waals surface area contributed by atoms with Crippen molar-refractivity contribution in [2.24, 2.45) is 0 Å². The lowest BCUT2D eigenvalue weighted by atomic mass is 10.0. The monoisotopic (exact) mass is 304 g/mol. The van der Waals surface area contributed by atoms with Crippen molar-refractivity contribution < 1.29 is 30.6 Å². The summed E-state index contributed by atoms with van der Waals surface area (Å²) in [6.07, 6.45) is -4.64. The smallest absolute Gasteiger partial charge is 0.225 e. The average Bonchev–Trinajstić information content (AvgIpc) is 2.45. The Morgan fingerprint density at radius 3 is 2.25 bits per heavy atom. The summed E-state index contributed by atoms with van der Waals surface area (Å²) in [4.78, 5) is 0. The minimum atomic E-state index is -2.70. The number of benzene rings is 1. The predicted molar refractivity (Wildman–Crippen MR) is 73.0 cm³/mol. The van der Waals surface area contributed by atoms with Crippen LogP contribution in [-0.2, 0) is 0 Å². The highest BCUT2D eigenvalue weighted by Gasteiger charge is 2.44. The molecular formula is C13H17ClO6. The molecule has 0 spiro atoms. The van der Waals surface area contributed by atoms with E-state index in [1.807, 2.05) is 0 Å². The first kappa shape index (κ1) is 16.9. The van der Waals surface area contributed by atoms with Crippen LogP contribution in [0.15, 0.2) is 36.1 Å². The first-order valence-corrected chi connectivity index (χ1v) is 6.21. The van der Waals surface area contributed by atoms with Gasteiger partial charge >= 0.3 is 0 Å². The minimum Gasteiger partial charge on any atom is -0.508 e. The first-order chi connectivity index (χ1) is 9.30. The van der Waals surface area contributed by atoms with Crippen molar-refractivity contribution in [3.8, 4) is 0 Å². The van der Waals surface area contributed by atoms with Crippen molar-refractivity contribution >= 4 is 17.7 Å². The predicted octanol–water partition coefficient (Wildman–Crippen LogP) is -0.412. The zero-order valence-corrected chi connectivity index (χ0v) is 11.2. The number of rotatable bonds is 6. The Morgan fingerprint density at radius 1 is 1.20 bits per heavy atom. The van der Waals surface area contributed by atoms with Gasteiger partial charge < -0.3 is 30.6 Å². The molecule has 0 fully saturated rings. The second-order valence-corrected chi connectivity index (χ2v) is 4.88. The summed E-state index contributed by atoms with van der Waals surface area (Å²) in [5.41, 5.74) is 0.508. The summed E-state index contributed by atoms with van der Waals surface area (Å²) < 4.78 is 0. The molecule has 0 saturated heterocycles. The van der Waals surface area contributed by atoms with Crippen molar-refractivity contribution in [2.75, 3.05) is 6.61 Å². The Morgan fingerprint density at radius 2 is 1.75 bits per heavy atom. The summed E-state index contributed by atoms with van der Waals surface area (Å²) >= 11 is 5.62. The van der Waals surface area contributed by atoms with E-state index in [0.29, 0.717) is 5.56 Å². The molecule has 1 rings (SSSR count). The molecule has 6 nitrogen and oxygen atoms in total. The summed E-state index contributed by atoms with van der Waals surface area (Å²) in [5, 5.41) is 54.0. The van der Waals surface area contributed by atoms with Gasteiger partial charge in [0.05, 0.1) is 6.61 Å². The number of halogens is 1. The largest absolute Gasteiger partial charge is 0.508 e. The lowest BCUT2D eigenvalue weighted by Crippen LogP contribution is -2.51. The molecule has 112 valence electrons. The van der Waals surface area contributed by atoms with Crippen molar-refractivity contribution in [1.29, 1.82) is 0 Å². The molecule has 20 heavy (non-hydrogen) atoms. The summed E-state index contributed by atoms with van der Waals surface area (Å²) in [6.45, 7) is -0.839. The third-order valence-electron chi connectivity index (χ3n) is 2.76. The summed E-state index contributed by atoms with van der Waals surface area (Å²) in [7, 11) is 0. The van der Waals surface area contributed by atoms with Gasteiger partial charge in [-0.15, -0.1) is 0 Å². The standard InChI is InChI=1S/C13H17ClO6/c14-13(20,12(19)11(18)9(16)7-15)10(17)6-8-4-2-1-3-5-8/h1-6,9,11-12,15-20H,7H2/t9-,11-,12+,13+/m1/s1. The molecule has 1 aromatic carbocycles. The van der Waals surface area contributed by atoms with E-state index < -0.39 is 35.7 Å². The van der Waals surface area contributed by atoms with Gasteiger partial charge in [0.25, 0.3) is 0 Å². The van der Waals surface area contributed by atoms with Crippen molar-refractivity contribution in [3.63, 3.8) is 0 Å². The molecule has 7 heteroatoms. The van der Waals surface area contributed by atoms with Crippen LogP contribution in [0.2, 0.25) is 0 Å². The van der Waals surface area contributed by atoms with E-state index in [1.165, 1.54) is 0 Å². The van der Waals surface area contributed by atoms with Crippen LogP contribution in [0.4, 0.5) is 0 Å². The van der Waals surface area contributed by atoms with E-state index in [-0.39, 0.29) is 0 Å². The SMILES string of the molecule is OC[C@@H](O)[C@@H](O)[C@H](O)[C@](O)(Cl)C(O)=Cc1ccccc1. The normalized spacial score (nSPS) is 20.0. The van der Waals surface area contributed by atoms with E-state index in [1.54, 1.807) is 30.3 Å². The molecule has 6 N–H and O–H groups in total. The van der Waals surface area contributed by atoms with Crippen LogP contribution >= 0.6 is 11.6 Å². The Hall–Kier alpha value is -1.15. The lowest BCUT2D eigenvalue weighted by Gasteiger charge is -2.31. The van der Waals surface area contributed by atoms with Crippen LogP contribution in [0.3, 0.4) is 0 Å². The fourth-order valence-corrected chi connectivity index (χ4v) is 1.69. The van der Waals surface area contributed by atoms with Gasteiger partial charge in [-0.25, -0.2) is 0 Å². The van der Waals surface area contributed by atoms with Crippen LogP contribution in [0.25, 0.3) is 6.08 Å². The van der Waals surface area contributed by atoms with E-state index in [4.69, 9.17) is 16.7 Å². The maximum atomic E-state index is 9.87. The quantitative estimate of drug-likeness (QED) is 0.314. The molecule has 0 aliphatic rings. The van der Waals surface area contributed by atoms with Crippen LogP contribution in [0, 0.1) is 0 Å². The molecule has 0 aliphatic carbocycles. The zero-order chi connectivity index (χ0) is 15.3. The highest BCUT2D eigenvalue weighted by molar-refractivity contribution is 6.25. The maximum Gasteiger partial charge on any atom is 0.225 e. The third-order valence-corrected chi connectivity index (χ3v) is 3.18. The van der Waals surface area contributed by atoms with Crippen molar-refractivity contribution in [3.05, 3.63) is 41.7 Å². The van der Waals surface area contributed by atoms with E-state index in [2.05, 4.69) is 0 Å². The van der Waals surface area contributed by atoms with Gasteiger partial charge in [0.1, 0.15) is 24.1 Å². The molecule has 1 aromatic rings. The van der Waals surface area contributed by atoms with Gasteiger partial charge in [-0.05, 0) is 11.6 Å². The molecule has 0 radical (unpaired) electrons. The second-order valence-electron chi connectivity index (χ2n) is 4.30. The van der Waals surface area contributed by atoms with Gasteiger partial charge in [-0.1, -0.05) is 41.9 Å². The molecular weight excluding hydrogens is 288 g/mol. The van der Waals surface area contributed by atoms with Crippen LogP contribution < -0.4 is 0 Å². The number of alkyl halides is 1. The summed E-state index contributed by atoms with van der Waals surface area (Å²) in [6, 6.07) is 8.36. The third kappa shape index (κ3) is 3.92. The summed E-state index contributed by atoms with van der Waals surface area (Å²) in [5.74, 6) is -0.804. The van der Waals surface area contributed by atoms with Crippen LogP contribution in [0.1, 0.15) is 5.56 Å². The Balaban J connectivity index is 2.94. The first-order valence-electron chi connectivity index (χ1n) is 5.83. The van der Waals surface area contributed by atoms with Gasteiger partial charge in [0, 0.05) is 0 Å². The lowest BCUT2D eigenvalue weighted by molar-refractivity contribution is -0.125. The topological polar surface area (TPSA) is 121 Å². The highest BCUT2D eigenvalue weighted by atomic mass is 35.5. The fourth-order valence-electron chi connectivity index (χ4n) is 1.50. The Labute approximate surface area is 120 Å². The molecule has 0 heterocycles. The van der Waals surface area contributed by atoms with Gasteiger partial charge in [0.2, 0.25) is 5.06 Å². The van der Waals surface area contributed by atoms with Gasteiger partial charge in [0.15, 0.2) is 0 Å². The molecule has 0 amide bonds. The van der Waals surface area contributed by atoms with Gasteiger partial charge in [-0.2, -0.15) is 0 Å². The average molecular weight is 305 g/mol. The molecule has 0 saturated carbocycles. The second kappa shape index (κ2) is 7.03. The van der Waals surface area contributed by atoms with E-state index in [0.717, 1.165) is 6.08 Å². The highest BCUT2D eigenvalue weighted by Crippen LogP contribution is 2.28. The minimum absolute atomic E-state index is 0.508. The zero-order valence-electron chi connectivity index (χ0n) is 10.5. The van der Waals surface area contributed by atoms with Crippen LogP contribution in [-0.4, -0.2) is 60.6 Å². The maximum absolute atomic E-state index is 9.87. The fraction of sp³-hybridized carbons (Fsp3) is 0.385. The Kier molecular flexibility index (Phi) is 5.94.